The molecule has 0 aliphatic carbocycles. The Bertz CT molecular complexity index is 135. The van der Waals surface area contributed by atoms with E-state index >= 15 is 0 Å². The molecule has 0 aromatic carbocycles. The Labute approximate surface area is 199 Å². The summed E-state index contributed by atoms with van der Waals surface area (Å²) in [6.45, 7) is 0. The van der Waals surface area contributed by atoms with Gasteiger partial charge in [0.15, 0.2) is 0 Å². The fourth-order valence-corrected chi connectivity index (χ4v) is 0.365. The van der Waals surface area contributed by atoms with E-state index in [9.17, 15) is 4.57 Å². The van der Waals surface area contributed by atoms with E-state index in [4.69, 9.17) is 4.89 Å². The molecule has 1 aliphatic heterocycles. The van der Waals surface area contributed by atoms with Crippen LogP contribution in [0.15, 0.2) is 0 Å². The summed E-state index contributed by atoms with van der Waals surface area (Å²) in [4.78, 5) is 8.26. The second-order valence-corrected chi connectivity index (χ2v) is 2.13. The Morgan fingerprint density at radius 2 is 1.25 bits per heavy atom. The van der Waals surface area contributed by atoms with Crippen molar-refractivity contribution >= 4 is 7.82 Å². The van der Waals surface area contributed by atoms with Gasteiger partial charge in [0.05, 0.1) is 0 Å². The smallest absolute Gasteiger partial charge is 1.00 e. The number of phosphoric acid groups is 1. The molecular formula is H4K3O8P. The maximum atomic E-state index is 10.2. The Balaban J connectivity index is -0.0000000337. The van der Waals surface area contributed by atoms with Gasteiger partial charge in [-0.3, -0.25) is 4.89 Å². The van der Waals surface area contributed by atoms with E-state index in [0.717, 1.165) is 0 Å². The zero-order valence-corrected chi connectivity index (χ0v) is 17.0. The van der Waals surface area contributed by atoms with Gasteiger partial charge in [-0.05, 0) is 20.2 Å². The molecule has 12 heavy (non-hydrogen) atoms. The molecule has 1 heterocycles. The summed E-state index contributed by atoms with van der Waals surface area (Å²) in [6, 6.07) is 0. The van der Waals surface area contributed by atoms with Gasteiger partial charge >= 0.3 is 162 Å². The molecule has 60 valence electrons. The quantitative estimate of drug-likeness (QED) is 0.266. The molecule has 1 rings (SSSR count). The third kappa shape index (κ3) is 11.3. The topological polar surface area (TPSA) is 92.7 Å². The first kappa shape index (κ1) is 22.1. The summed E-state index contributed by atoms with van der Waals surface area (Å²) in [5.41, 5.74) is 0. The minimum Gasteiger partial charge on any atom is -1.00 e. The number of hydrogen-bond acceptors (Lipinski definition) is 7. The second-order valence-electron chi connectivity index (χ2n) is 0.890. The minimum atomic E-state index is -4.32. The number of hydrogen-bond donors (Lipinski definition) is 1. The largest absolute Gasteiger partial charge is 1.00 e. The van der Waals surface area contributed by atoms with E-state index in [1.54, 1.807) is 0 Å². The molecule has 0 aromatic heterocycles. The normalized spacial score (nSPS) is 20.4. The molecule has 1 fully saturated rings. The fraction of sp³-hybridized carbons (Fsp3) is 0. The first-order chi connectivity index (χ1) is 4.21. The Morgan fingerprint density at radius 3 is 1.58 bits per heavy atom. The first-order valence-electron chi connectivity index (χ1n) is 1.58. The fourth-order valence-electron chi connectivity index (χ4n) is 0.137. The van der Waals surface area contributed by atoms with Gasteiger partial charge in [-0.2, -0.15) is 0 Å². The molecule has 0 amide bonds. The van der Waals surface area contributed by atoms with Crippen molar-refractivity contribution in [2.75, 3.05) is 0 Å². The van der Waals surface area contributed by atoms with Gasteiger partial charge in [0.25, 0.3) is 0 Å². The summed E-state index contributed by atoms with van der Waals surface area (Å²) in [7, 11) is -4.32. The minimum absolute atomic E-state index is 0. The molecule has 12 heteroatoms. The SMILES string of the molecule is O=P1(O)OOOOOO1.[H-].[H-].[H-].[K+].[K+].[K+]. The van der Waals surface area contributed by atoms with Gasteiger partial charge < -0.3 is 4.28 Å². The van der Waals surface area contributed by atoms with E-state index in [1.165, 1.54) is 0 Å². The van der Waals surface area contributed by atoms with Gasteiger partial charge in [-0.15, -0.1) is 0 Å². The van der Waals surface area contributed by atoms with Crippen LogP contribution in [0, 0.1) is 0 Å². The Kier molecular flexibility index (Phi) is 22.7. The summed E-state index contributed by atoms with van der Waals surface area (Å²) in [6.07, 6.45) is 0. The van der Waals surface area contributed by atoms with Crippen molar-refractivity contribution in [1.82, 2.24) is 0 Å². The molecule has 0 unspecified atom stereocenters. The van der Waals surface area contributed by atoms with Gasteiger partial charge in [-0.25, -0.2) is 4.57 Å². The van der Waals surface area contributed by atoms with Crippen LogP contribution in [0.3, 0.4) is 0 Å². The zero-order chi connectivity index (χ0) is 6.74. The average Bonchev–Trinajstić information content (AvgIpc) is 1.92. The second kappa shape index (κ2) is 12.3. The molecule has 0 bridgehead atoms. The van der Waals surface area contributed by atoms with Crippen LogP contribution in [-0.2, 0) is 34.1 Å². The third-order valence-electron chi connectivity index (χ3n) is 0.333. The molecule has 0 aromatic rings. The third-order valence-corrected chi connectivity index (χ3v) is 0.831. The van der Waals surface area contributed by atoms with E-state index in [-0.39, 0.29) is 158 Å². The van der Waals surface area contributed by atoms with Crippen LogP contribution in [0.1, 0.15) is 4.28 Å². The van der Waals surface area contributed by atoms with Crippen LogP contribution in [0.5, 0.6) is 0 Å². The van der Waals surface area contributed by atoms with Crippen LogP contribution in [0.25, 0.3) is 0 Å². The number of rotatable bonds is 0. The van der Waals surface area contributed by atoms with Crippen LogP contribution in [-0.4, -0.2) is 4.89 Å². The van der Waals surface area contributed by atoms with E-state index in [2.05, 4.69) is 29.5 Å². The van der Waals surface area contributed by atoms with Crippen molar-refractivity contribution in [3.8, 4) is 0 Å². The van der Waals surface area contributed by atoms with Gasteiger partial charge in [0.2, 0.25) is 0 Å². The Morgan fingerprint density at radius 1 is 0.917 bits per heavy atom. The van der Waals surface area contributed by atoms with Crippen molar-refractivity contribution in [1.29, 1.82) is 0 Å². The average molecular weight is 280 g/mol. The molecule has 1 saturated heterocycles. The molecule has 1 N–H and O–H groups in total. The molecule has 0 radical (unpaired) electrons. The predicted octanol–water partition coefficient (Wildman–Crippen LogP) is -8.88. The maximum absolute atomic E-state index is 10.2. The van der Waals surface area contributed by atoms with Crippen molar-refractivity contribution in [3.05, 3.63) is 0 Å². The van der Waals surface area contributed by atoms with Crippen LogP contribution in [0.2, 0.25) is 0 Å². The van der Waals surface area contributed by atoms with Crippen LogP contribution >= 0.6 is 7.82 Å². The summed E-state index contributed by atoms with van der Waals surface area (Å²) in [5, 5.41) is 13.7. The Hall–Kier alpha value is 4.86. The molecule has 8 nitrogen and oxygen atoms in total. The van der Waals surface area contributed by atoms with Crippen molar-refractivity contribution < 1.29 is 197 Å². The molecule has 1 aliphatic rings. The van der Waals surface area contributed by atoms with E-state index < -0.39 is 7.82 Å². The first-order valence-corrected chi connectivity index (χ1v) is 3.08. The summed E-state index contributed by atoms with van der Waals surface area (Å²) < 4.78 is 17.2. The van der Waals surface area contributed by atoms with Crippen LogP contribution in [0.4, 0.5) is 0 Å². The zero-order valence-electron chi connectivity index (χ0n) is 9.75. The molecular weight excluding hydrogens is 276 g/mol. The van der Waals surface area contributed by atoms with E-state index in [0.29, 0.717) is 0 Å². The predicted molar refractivity (Wildman–Crippen MR) is 19.7 cm³/mol. The van der Waals surface area contributed by atoms with Crippen molar-refractivity contribution in [3.63, 3.8) is 0 Å². The van der Waals surface area contributed by atoms with E-state index in [1.807, 2.05) is 0 Å². The van der Waals surface area contributed by atoms with Crippen LogP contribution < -0.4 is 154 Å². The monoisotopic (exact) mass is 280 g/mol. The van der Waals surface area contributed by atoms with Gasteiger partial charge in [0, 0.05) is 0 Å². The van der Waals surface area contributed by atoms with Gasteiger partial charge in [-0.1, -0.05) is 9.35 Å². The standard InChI is InChI=1S/3K.HO8P.3H/c;;;1-9(2)7-5-3-4-6-8-9;;;/h;;;(H,1,2);;;/q3*+1;;3*-1. The molecule has 0 atom stereocenters. The van der Waals surface area contributed by atoms with Crippen molar-refractivity contribution in [2.45, 2.75) is 0 Å². The summed E-state index contributed by atoms with van der Waals surface area (Å²) >= 11 is 0. The maximum Gasteiger partial charge on any atom is 1.00 e. The molecule has 0 spiro atoms. The van der Waals surface area contributed by atoms with Crippen molar-refractivity contribution in [2.24, 2.45) is 0 Å². The van der Waals surface area contributed by atoms with Gasteiger partial charge in [0.1, 0.15) is 0 Å². The molecule has 0 saturated carbocycles. The summed E-state index contributed by atoms with van der Waals surface area (Å²) in [5.74, 6) is 0.